The molecule has 1 amide bonds. The molecule has 110 valence electrons. The van der Waals surface area contributed by atoms with E-state index in [1.54, 1.807) is 24.1 Å². The van der Waals surface area contributed by atoms with Crippen LogP contribution in [0.1, 0.15) is 28.9 Å². The largest absolute Gasteiger partial charge is 0.486 e. The van der Waals surface area contributed by atoms with Crippen LogP contribution >= 0.6 is 0 Å². The topological polar surface area (TPSA) is 65.4 Å². The van der Waals surface area contributed by atoms with Crippen LogP contribution in [0.15, 0.2) is 30.6 Å². The molecular weight excluding hydrogens is 270 g/mol. The lowest BCUT2D eigenvalue weighted by Crippen LogP contribution is -2.26. The maximum absolute atomic E-state index is 12.1. The first-order valence-electron chi connectivity index (χ1n) is 6.82. The van der Waals surface area contributed by atoms with Crippen LogP contribution in [0.4, 0.5) is 0 Å². The maximum Gasteiger partial charge on any atom is 0.254 e. The lowest BCUT2D eigenvalue weighted by Gasteiger charge is -2.21. The van der Waals surface area contributed by atoms with Crippen LogP contribution in [-0.4, -0.2) is 28.9 Å². The fourth-order valence-electron chi connectivity index (χ4n) is 2.23. The molecule has 0 saturated heterocycles. The number of nitrogens with zero attached hydrogens (tertiary/aromatic N) is 2. The summed E-state index contributed by atoms with van der Waals surface area (Å²) >= 11 is 0. The minimum atomic E-state index is -0.148. The molecule has 1 aromatic carbocycles. The smallest absolute Gasteiger partial charge is 0.254 e. The van der Waals surface area contributed by atoms with Gasteiger partial charge in [0.2, 0.25) is 0 Å². The quantitative estimate of drug-likeness (QED) is 0.933. The van der Waals surface area contributed by atoms with Gasteiger partial charge in [0.15, 0.2) is 11.5 Å². The Balaban J connectivity index is 1.73. The Kier molecular flexibility index (Phi) is 3.51. The van der Waals surface area contributed by atoms with Gasteiger partial charge in [-0.15, -0.1) is 0 Å². The predicted molar refractivity (Wildman–Crippen MR) is 76.5 cm³/mol. The van der Waals surface area contributed by atoms with Gasteiger partial charge < -0.3 is 14.8 Å². The Morgan fingerprint density at radius 2 is 2.10 bits per heavy atom. The van der Waals surface area contributed by atoms with Crippen molar-refractivity contribution in [1.82, 2.24) is 15.1 Å². The van der Waals surface area contributed by atoms with E-state index in [1.165, 1.54) is 0 Å². The number of aromatic nitrogens is 2. The minimum absolute atomic E-state index is 0.131. The highest BCUT2D eigenvalue weighted by Gasteiger charge is 2.16. The van der Waals surface area contributed by atoms with Crippen LogP contribution < -0.4 is 14.8 Å². The number of hydrogen-bond acceptors (Lipinski definition) is 4. The third-order valence-corrected chi connectivity index (χ3v) is 3.38. The summed E-state index contributed by atoms with van der Waals surface area (Å²) in [6.45, 7) is 3.05. The molecule has 0 bridgehead atoms. The Hall–Kier alpha value is -2.50. The number of ether oxygens (including phenoxy) is 2. The van der Waals surface area contributed by atoms with E-state index in [9.17, 15) is 4.79 Å². The number of rotatable bonds is 3. The van der Waals surface area contributed by atoms with Crippen LogP contribution in [0.25, 0.3) is 0 Å². The molecule has 1 aliphatic heterocycles. The highest BCUT2D eigenvalue weighted by atomic mass is 16.6. The molecule has 3 rings (SSSR count). The van der Waals surface area contributed by atoms with Gasteiger partial charge in [0.25, 0.3) is 5.91 Å². The van der Waals surface area contributed by atoms with Gasteiger partial charge in [-0.25, -0.2) is 0 Å². The fourth-order valence-corrected chi connectivity index (χ4v) is 2.23. The molecule has 21 heavy (non-hydrogen) atoms. The average molecular weight is 287 g/mol. The standard InChI is InChI=1S/C15H17N3O3/c1-10(17-15(19)12-8-16-18(2)9-12)11-3-4-13-14(7-11)21-6-5-20-13/h3-4,7-10H,5-6H2,1-2H3,(H,17,19)/t10-/m1/s1. The van der Waals surface area contributed by atoms with Crippen molar-refractivity contribution in [3.63, 3.8) is 0 Å². The van der Waals surface area contributed by atoms with Crippen LogP contribution in [-0.2, 0) is 7.05 Å². The summed E-state index contributed by atoms with van der Waals surface area (Å²) in [5.41, 5.74) is 1.51. The van der Waals surface area contributed by atoms with Gasteiger partial charge in [0, 0.05) is 13.2 Å². The second-order valence-corrected chi connectivity index (χ2v) is 5.00. The Morgan fingerprint density at radius 1 is 1.33 bits per heavy atom. The first kappa shape index (κ1) is 13.5. The number of amides is 1. The molecule has 0 radical (unpaired) electrons. The molecule has 2 aromatic rings. The molecule has 6 nitrogen and oxygen atoms in total. The van der Waals surface area contributed by atoms with Crippen molar-refractivity contribution < 1.29 is 14.3 Å². The predicted octanol–water partition coefficient (Wildman–Crippen LogP) is 1.68. The lowest BCUT2D eigenvalue weighted by atomic mass is 10.1. The SMILES string of the molecule is C[C@@H](NC(=O)c1cnn(C)c1)c1ccc2c(c1)OCCO2. The number of carbonyl (C=O) groups excluding carboxylic acids is 1. The molecule has 1 aromatic heterocycles. The lowest BCUT2D eigenvalue weighted by molar-refractivity contribution is 0.0939. The normalized spacial score (nSPS) is 14.6. The number of nitrogens with one attached hydrogen (secondary N) is 1. The van der Waals surface area contributed by atoms with E-state index < -0.39 is 0 Å². The second kappa shape index (κ2) is 5.47. The van der Waals surface area contributed by atoms with Crippen molar-refractivity contribution in [3.8, 4) is 11.5 Å². The molecule has 1 aliphatic rings. The van der Waals surface area contributed by atoms with Gasteiger partial charge >= 0.3 is 0 Å². The summed E-state index contributed by atoms with van der Waals surface area (Å²) < 4.78 is 12.6. The number of fused-ring (bicyclic) bond motifs is 1. The van der Waals surface area contributed by atoms with Crippen LogP contribution in [0.2, 0.25) is 0 Å². The summed E-state index contributed by atoms with van der Waals surface area (Å²) in [5.74, 6) is 1.32. The van der Waals surface area contributed by atoms with Crippen LogP contribution in [0.3, 0.4) is 0 Å². The highest BCUT2D eigenvalue weighted by molar-refractivity contribution is 5.93. The molecular formula is C15H17N3O3. The van der Waals surface area contributed by atoms with E-state index in [4.69, 9.17) is 9.47 Å². The average Bonchev–Trinajstić information content (AvgIpc) is 2.93. The summed E-state index contributed by atoms with van der Waals surface area (Å²) in [4.78, 5) is 12.1. The van der Waals surface area contributed by atoms with Crippen molar-refractivity contribution in [2.75, 3.05) is 13.2 Å². The van der Waals surface area contributed by atoms with Gasteiger partial charge in [0.05, 0.1) is 17.8 Å². The number of hydrogen-bond donors (Lipinski definition) is 1. The van der Waals surface area contributed by atoms with Gasteiger partial charge in [0.1, 0.15) is 13.2 Å². The molecule has 0 aliphatic carbocycles. The zero-order valence-electron chi connectivity index (χ0n) is 12.0. The van der Waals surface area contributed by atoms with Gasteiger partial charge in [-0.05, 0) is 24.6 Å². The van der Waals surface area contributed by atoms with Gasteiger partial charge in [-0.3, -0.25) is 9.48 Å². The van der Waals surface area contributed by atoms with E-state index >= 15 is 0 Å². The van der Waals surface area contributed by atoms with Crippen molar-refractivity contribution in [2.24, 2.45) is 7.05 Å². The van der Waals surface area contributed by atoms with Crippen molar-refractivity contribution in [3.05, 3.63) is 41.7 Å². The van der Waals surface area contributed by atoms with Crippen molar-refractivity contribution in [2.45, 2.75) is 13.0 Å². The Morgan fingerprint density at radius 3 is 2.81 bits per heavy atom. The van der Waals surface area contributed by atoms with E-state index in [2.05, 4.69) is 10.4 Å². The third kappa shape index (κ3) is 2.84. The number of benzene rings is 1. The molecule has 0 fully saturated rings. The monoisotopic (exact) mass is 287 g/mol. The van der Waals surface area contributed by atoms with E-state index in [0.717, 1.165) is 17.1 Å². The Labute approximate surface area is 122 Å². The van der Waals surface area contributed by atoms with Crippen molar-refractivity contribution >= 4 is 5.91 Å². The minimum Gasteiger partial charge on any atom is -0.486 e. The fraction of sp³-hybridized carbons (Fsp3) is 0.333. The molecule has 2 heterocycles. The van der Waals surface area contributed by atoms with E-state index in [1.807, 2.05) is 25.1 Å². The molecule has 0 unspecified atom stereocenters. The zero-order valence-corrected chi connectivity index (χ0v) is 12.0. The maximum atomic E-state index is 12.1. The first-order valence-corrected chi connectivity index (χ1v) is 6.82. The summed E-state index contributed by atoms with van der Waals surface area (Å²) in [6.07, 6.45) is 3.23. The van der Waals surface area contributed by atoms with Crippen LogP contribution in [0, 0.1) is 0 Å². The molecule has 1 N–H and O–H groups in total. The van der Waals surface area contributed by atoms with Crippen molar-refractivity contribution in [1.29, 1.82) is 0 Å². The number of carbonyl (C=O) groups is 1. The van der Waals surface area contributed by atoms with Gasteiger partial charge in [-0.2, -0.15) is 5.10 Å². The molecule has 6 heteroatoms. The highest BCUT2D eigenvalue weighted by Crippen LogP contribution is 2.32. The summed E-state index contributed by atoms with van der Waals surface area (Å²) in [6, 6.07) is 5.58. The van der Waals surface area contributed by atoms with E-state index in [-0.39, 0.29) is 11.9 Å². The Bertz CT molecular complexity index is 666. The van der Waals surface area contributed by atoms with Crippen LogP contribution in [0.5, 0.6) is 11.5 Å². The molecule has 0 spiro atoms. The molecule has 0 saturated carbocycles. The summed E-state index contributed by atoms with van der Waals surface area (Å²) in [7, 11) is 1.78. The third-order valence-electron chi connectivity index (χ3n) is 3.38. The second-order valence-electron chi connectivity index (χ2n) is 5.00. The molecule has 1 atom stereocenters. The van der Waals surface area contributed by atoms with Gasteiger partial charge in [-0.1, -0.05) is 6.07 Å². The first-order chi connectivity index (χ1) is 10.1. The van der Waals surface area contributed by atoms with E-state index in [0.29, 0.717) is 18.8 Å². The summed E-state index contributed by atoms with van der Waals surface area (Å²) in [5, 5.41) is 6.94. The zero-order chi connectivity index (χ0) is 14.8. The number of aryl methyl sites for hydroxylation is 1.